The maximum Gasteiger partial charge on any atom is 0.319 e. The Labute approximate surface area is 190 Å². The number of nitriles is 1. The molecule has 6 heteroatoms. The van der Waals surface area contributed by atoms with Gasteiger partial charge in [0, 0.05) is 30.9 Å². The highest BCUT2D eigenvalue weighted by atomic mass is 16.2. The minimum absolute atomic E-state index is 0.00587. The summed E-state index contributed by atoms with van der Waals surface area (Å²) in [5, 5.41) is 14.7. The molecule has 32 heavy (non-hydrogen) atoms. The van der Waals surface area contributed by atoms with Crippen molar-refractivity contribution >= 4 is 17.6 Å². The fourth-order valence-corrected chi connectivity index (χ4v) is 3.83. The summed E-state index contributed by atoms with van der Waals surface area (Å²) in [7, 11) is 0. The number of amides is 3. The summed E-state index contributed by atoms with van der Waals surface area (Å²) in [5.74, 6) is 0.384. The van der Waals surface area contributed by atoms with Crippen molar-refractivity contribution in [2.75, 3.05) is 25.0 Å². The van der Waals surface area contributed by atoms with Crippen LogP contribution in [0.4, 0.5) is 10.5 Å². The van der Waals surface area contributed by atoms with E-state index in [1.807, 2.05) is 48.2 Å². The van der Waals surface area contributed by atoms with E-state index >= 15 is 0 Å². The summed E-state index contributed by atoms with van der Waals surface area (Å²) >= 11 is 0. The van der Waals surface area contributed by atoms with Crippen LogP contribution in [-0.4, -0.2) is 36.5 Å². The van der Waals surface area contributed by atoms with Gasteiger partial charge in [-0.2, -0.15) is 5.26 Å². The van der Waals surface area contributed by atoms with Crippen molar-refractivity contribution < 1.29 is 9.59 Å². The van der Waals surface area contributed by atoms with Gasteiger partial charge in [0.2, 0.25) is 0 Å². The largest absolute Gasteiger partial charge is 0.339 e. The minimum atomic E-state index is -0.268. The van der Waals surface area contributed by atoms with Crippen LogP contribution in [0.1, 0.15) is 66.6 Å². The molecule has 0 aliphatic carbocycles. The van der Waals surface area contributed by atoms with E-state index in [1.54, 1.807) is 6.07 Å². The molecule has 2 aromatic rings. The molecule has 0 spiro atoms. The highest BCUT2D eigenvalue weighted by Crippen LogP contribution is 2.29. The summed E-state index contributed by atoms with van der Waals surface area (Å²) in [6, 6.07) is 15.1. The lowest BCUT2D eigenvalue weighted by Crippen LogP contribution is -2.38. The summed E-state index contributed by atoms with van der Waals surface area (Å²) in [4.78, 5) is 27.2. The number of rotatable bonds is 4. The number of piperidine rings is 1. The maximum atomic E-state index is 13.1. The number of carbonyl (C=O) groups excluding carboxylic acids is 2. The number of nitrogens with one attached hydrogen (secondary N) is 2. The molecule has 1 heterocycles. The predicted molar refractivity (Wildman–Crippen MR) is 127 cm³/mol. The molecule has 6 nitrogen and oxygen atoms in total. The van der Waals surface area contributed by atoms with Gasteiger partial charge in [0.15, 0.2) is 0 Å². The zero-order valence-corrected chi connectivity index (χ0v) is 19.4. The maximum absolute atomic E-state index is 13.1. The summed E-state index contributed by atoms with van der Waals surface area (Å²) in [5.41, 5.74) is 4.02. The second-order valence-corrected chi connectivity index (χ2v) is 9.70. The molecule has 0 radical (unpaired) electrons. The first kappa shape index (κ1) is 23.3. The van der Waals surface area contributed by atoms with Gasteiger partial charge in [0.05, 0.1) is 11.6 Å². The first-order valence-electron chi connectivity index (χ1n) is 11.1. The van der Waals surface area contributed by atoms with Crippen LogP contribution in [0.25, 0.3) is 0 Å². The van der Waals surface area contributed by atoms with Gasteiger partial charge in [-0.25, -0.2) is 4.79 Å². The molecular weight excluding hydrogens is 400 g/mol. The summed E-state index contributed by atoms with van der Waals surface area (Å²) in [6.45, 7) is 10.0. The van der Waals surface area contributed by atoms with E-state index in [0.717, 1.165) is 18.4 Å². The standard InChI is InChI=1S/C26H32N4O2/c1-18-5-8-22(15-23(18)29-25(32)28-17-26(2,3)4)24(31)30-13-11-21(12-14-30)20-9-6-19(16-27)7-10-20/h5-10,15,21H,11-14,17H2,1-4H3,(H2,28,29,32). The molecule has 0 aromatic heterocycles. The van der Waals surface area contributed by atoms with Gasteiger partial charge in [-0.1, -0.05) is 39.0 Å². The Balaban J connectivity index is 1.61. The highest BCUT2D eigenvalue weighted by molar-refractivity contribution is 5.97. The monoisotopic (exact) mass is 432 g/mol. The van der Waals surface area contributed by atoms with Gasteiger partial charge in [0.25, 0.3) is 5.91 Å². The van der Waals surface area contributed by atoms with Crippen molar-refractivity contribution in [3.8, 4) is 6.07 Å². The van der Waals surface area contributed by atoms with Gasteiger partial charge in [-0.3, -0.25) is 4.79 Å². The average Bonchev–Trinajstić information content (AvgIpc) is 2.78. The molecule has 0 bridgehead atoms. The Morgan fingerprint density at radius 3 is 2.34 bits per heavy atom. The van der Waals surface area contributed by atoms with Gasteiger partial charge < -0.3 is 15.5 Å². The lowest BCUT2D eigenvalue weighted by molar-refractivity contribution is 0.0713. The lowest BCUT2D eigenvalue weighted by atomic mass is 9.89. The van der Waals surface area contributed by atoms with E-state index in [2.05, 4.69) is 37.5 Å². The number of carbonyl (C=O) groups is 2. The van der Waals surface area contributed by atoms with Crippen LogP contribution in [-0.2, 0) is 0 Å². The van der Waals surface area contributed by atoms with Gasteiger partial charge in [-0.15, -0.1) is 0 Å². The average molecular weight is 433 g/mol. The van der Waals surface area contributed by atoms with E-state index in [-0.39, 0.29) is 17.4 Å². The number of benzene rings is 2. The smallest absolute Gasteiger partial charge is 0.319 e. The van der Waals surface area contributed by atoms with Gasteiger partial charge in [-0.05, 0) is 66.5 Å². The second-order valence-electron chi connectivity index (χ2n) is 9.70. The fraction of sp³-hybridized carbons (Fsp3) is 0.423. The van der Waals surface area contributed by atoms with E-state index in [4.69, 9.17) is 5.26 Å². The predicted octanol–water partition coefficient (Wildman–Crippen LogP) is 5.05. The molecule has 168 valence electrons. The van der Waals surface area contributed by atoms with Crippen molar-refractivity contribution in [2.45, 2.75) is 46.5 Å². The van der Waals surface area contributed by atoms with Crippen LogP contribution in [0, 0.1) is 23.7 Å². The number of likely N-dealkylation sites (tertiary alicyclic amines) is 1. The number of hydrogen-bond acceptors (Lipinski definition) is 3. The zero-order chi connectivity index (χ0) is 23.3. The molecule has 1 saturated heterocycles. The Morgan fingerprint density at radius 1 is 1.09 bits per heavy atom. The molecule has 3 amide bonds. The quantitative estimate of drug-likeness (QED) is 0.709. The number of urea groups is 1. The van der Waals surface area contributed by atoms with Crippen molar-refractivity contribution in [3.63, 3.8) is 0 Å². The van der Waals surface area contributed by atoms with Crippen molar-refractivity contribution in [2.24, 2.45) is 5.41 Å². The lowest BCUT2D eigenvalue weighted by Gasteiger charge is -2.32. The second kappa shape index (κ2) is 9.86. The van der Waals surface area contributed by atoms with E-state index in [0.29, 0.717) is 42.4 Å². The van der Waals surface area contributed by atoms with Crippen molar-refractivity contribution in [1.29, 1.82) is 5.26 Å². The minimum Gasteiger partial charge on any atom is -0.339 e. The van der Waals surface area contributed by atoms with Crippen molar-refractivity contribution in [3.05, 3.63) is 64.7 Å². The molecule has 3 rings (SSSR count). The summed E-state index contributed by atoms with van der Waals surface area (Å²) < 4.78 is 0. The molecule has 2 N–H and O–H groups in total. The van der Waals surface area contributed by atoms with E-state index < -0.39 is 0 Å². The molecule has 1 aliphatic rings. The Hall–Kier alpha value is -3.33. The Morgan fingerprint density at radius 2 is 1.75 bits per heavy atom. The van der Waals surface area contributed by atoms with E-state index in [1.165, 1.54) is 5.56 Å². The normalized spacial score (nSPS) is 14.5. The number of aryl methyl sites for hydroxylation is 1. The highest BCUT2D eigenvalue weighted by Gasteiger charge is 2.25. The Bertz CT molecular complexity index is 1010. The first-order valence-corrected chi connectivity index (χ1v) is 11.1. The van der Waals surface area contributed by atoms with Gasteiger partial charge >= 0.3 is 6.03 Å². The third-order valence-electron chi connectivity index (χ3n) is 5.81. The van der Waals surface area contributed by atoms with Crippen LogP contribution in [0.2, 0.25) is 0 Å². The Kier molecular flexibility index (Phi) is 7.19. The van der Waals surface area contributed by atoms with E-state index in [9.17, 15) is 9.59 Å². The molecule has 0 atom stereocenters. The third kappa shape index (κ3) is 6.10. The first-order chi connectivity index (χ1) is 15.2. The number of hydrogen-bond donors (Lipinski definition) is 2. The van der Waals surface area contributed by atoms with Crippen LogP contribution >= 0.6 is 0 Å². The van der Waals surface area contributed by atoms with Crippen LogP contribution < -0.4 is 10.6 Å². The van der Waals surface area contributed by atoms with Gasteiger partial charge in [0.1, 0.15) is 0 Å². The third-order valence-corrected chi connectivity index (χ3v) is 5.81. The van der Waals surface area contributed by atoms with Crippen LogP contribution in [0.15, 0.2) is 42.5 Å². The van der Waals surface area contributed by atoms with Crippen molar-refractivity contribution in [1.82, 2.24) is 10.2 Å². The van der Waals surface area contributed by atoms with Crippen LogP contribution in [0.3, 0.4) is 0 Å². The SMILES string of the molecule is Cc1ccc(C(=O)N2CCC(c3ccc(C#N)cc3)CC2)cc1NC(=O)NCC(C)(C)C. The topological polar surface area (TPSA) is 85.2 Å². The molecular formula is C26H32N4O2. The fourth-order valence-electron chi connectivity index (χ4n) is 3.83. The molecule has 0 unspecified atom stereocenters. The molecule has 1 fully saturated rings. The summed E-state index contributed by atoms with van der Waals surface area (Å²) in [6.07, 6.45) is 1.79. The van der Waals surface area contributed by atoms with Crippen LogP contribution in [0.5, 0.6) is 0 Å². The number of anilines is 1. The molecule has 1 aliphatic heterocycles. The number of nitrogens with zero attached hydrogens (tertiary/aromatic N) is 2. The molecule has 2 aromatic carbocycles. The zero-order valence-electron chi connectivity index (χ0n) is 19.4. The molecule has 0 saturated carbocycles.